The number of pyridine rings is 2. The molecular weight excluding hydrogens is 310 g/mol. The van der Waals surface area contributed by atoms with Gasteiger partial charge in [-0.05, 0) is 24.3 Å². The number of hydrogen-bond donors (Lipinski definition) is 3. The van der Waals surface area contributed by atoms with E-state index in [2.05, 4.69) is 25.9 Å². The van der Waals surface area contributed by atoms with Gasteiger partial charge in [-0.25, -0.2) is 4.98 Å². The molecule has 1 aliphatic heterocycles. The second-order valence-corrected chi connectivity index (χ2v) is 5.65. The molecule has 1 aromatic carbocycles. The molecule has 0 amide bonds. The van der Waals surface area contributed by atoms with E-state index in [1.807, 2.05) is 48.5 Å². The minimum Gasteiger partial charge on any atom is -0.340 e. The first kappa shape index (κ1) is 13.8. The molecule has 0 bridgehead atoms. The van der Waals surface area contributed by atoms with E-state index in [9.17, 15) is 0 Å². The lowest BCUT2D eigenvalue weighted by Crippen LogP contribution is -2.47. The molecule has 1 unspecified atom stereocenters. The lowest BCUT2D eigenvalue weighted by molar-refractivity contribution is 0.666. The van der Waals surface area contributed by atoms with Gasteiger partial charge in [-0.3, -0.25) is 4.98 Å². The van der Waals surface area contributed by atoms with Gasteiger partial charge < -0.3 is 16.0 Å². The van der Waals surface area contributed by atoms with E-state index < -0.39 is 5.79 Å². The molecule has 0 spiro atoms. The summed E-state index contributed by atoms with van der Waals surface area (Å²) in [5.74, 6) is -0.0638. The maximum absolute atomic E-state index is 6.45. The maximum Gasteiger partial charge on any atom is 0.215 e. The Kier molecular flexibility index (Phi) is 3.28. The first-order chi connectivity index (χ1) is 11.3. The van der Waals surface area contributed by atoms with Crippen molar-refractivity contribution in [2.75, 3.05) is 16.0 Å². The Hall–Kier alpha value is -2.79. The molecule has 2 aromatic heterocycles. The fourth-order valence-corrected chi connectivity index (χ4v) is 2.97. The summed E-state index contributed by atoms with van der Waals surface area (Å²) < 4.78 is 0. The van der Waals surface area contributed by atoms with Crippen LogP contribution in [0, 0.1) is 0 Å². The largest absolute Gasteiger partial charge is 0.340 e. The number of rotatable bonds is 3. The van der Waals surface area contributed by atoms with E-state index in [4.69, 9.17) is 11.6 Å². The van der Waals surface area contributed by atoms with Crippen molar-refractivity contribution in [3.63, 3.8) is 0 Å². The standard InChI is InChI=1S/C17H14ClN5/c18-13-6-2-1-5-12(13)17(23-16-7-3-4-9-20-16)21-14-8-10-19-11-15(14)22-17/h1-11,21-22H,(H,20,23). The van der Waals surface area contributed by atoms with Gasteiger partial charge in [-0.1, -0.05) is 35.9 Å². The van der Waals surface area contributed by atoms with Crippen LogP contribution in [-0.4, -0.2) is 9.97 Å². The van der Waals surface area contributed by atoms with Crippen LogP contribution >= 0.6 is 11.6 Å². The van der Waals surface area contributed by atoms with E-state index >= 15 is 0 Å². The number of aromatic nitrogens is 2. The molecule has 1 atom stereocenters. The van der Waals surface area contributed by atoms with Crippen molar-refractivity contribution in [1.82, 2.24) is 9.97 Å². The van der Waals surface area contributed by atoms with E-state index in [1.165, 1.54) is 0 Å². The normalized spacial score (nSPS) is 18.7. The smallest absolute Gasteiger partial charge is 0.215 e. The molecule has 6 heteroatoms. The van der Waals surface area contributed by atoms with Crippen molar-refractivity contribution in [3.8, 4) is 0 Å². The van der Waals surface area contributed by atoms with Crippen molar-refractivity contribution in [2.24, 2.45) is 0 Å². The van der Waals surface area contributed by atoms with Crippen molar-refractivity contribution in [1.29, 1.82) is 0 Å². The number of benzene rings is 1. The molecule has 0 saturated heterocycles. The summed E-state index contributed by atoms with van der Waals surface area (Å²) in [5.41, 5.74) is 2.72. The summed E-state index contributed by atoms with van der Waals surface area (Å²) in [6, 6.07) is 15.3. The summed E-state index contributed by atoms with van der Waals surface area (Å²) in [5, 5.41) is 11.0. The van der Waals surface area contributed by atoms with Crippen LogP contribution in [0.3, 0.4) is 0 Å². The number of fused-ring (bicyclic) bond motifs is 1. The molecule has 114 valence electrons. The Labute approximate surface area is 138 Å². The zero-order chi connectivity index (χ0) is 15.7. The third-order valence-electron chi connectivity index (χ3n) is 3.72. The molecule has 0 radical (unpaired) electrons. The predicted octanol–water partition coefficient (Wildman–Crippen LogP) is 3.89. The third kappa shape index (κ3) is 2.45. The molecule has 5 nitrogen and oxygen atoms in total. The van der Waals surface area contributed by atoms with Gasteiger partial charge in [-0.15, -0.1) is 0 Å². The van der Waals surface area contributed by atoms with Crippen LogP contribution in [0.1, 0.15) is 5.56 Å². The summed E-state index contributed by atoms with van der Waals surface area (Å²) in [4.78, 5) is 8.52. The molecule has 4 rings (SSSR count). The summed E-state index contributed by atoms with van der Waals surface area (Å²) >= 11 is 6.45. The number of anilines is 3. The highest BCUT2D eigenvalue weighted by molar-refractivity contribution is 6.31. The van der Waals surface area contributed by atoms with Crippen LogP contribution in [0.2, 0.25) is 5.02 Å². The Bertz CT molecular complexity index is 812. The molecule has 3 aromatic rings. The summed E-state index contributed by atoms with van der Waals surface area (Å²) in [6.07, 6.45) is 5.27. The quantitative estimate of drug-likeness (QED) is 0.682. The monoisotopic (exact) mass is 323 g/mol. The van der Waals surface area contributed by atoms with Gasteiger partial charge in [-0.2, -0.15) is 0 Å². The molecule has 23 heavy (non-hydrogen) atoms. The lowest BCUT2D eigenvalue weighted by atomic mass is 10.1. The van der Waals surface area contributed by atoms with Crippen LogP contribution in [-0.2, 0) is 5.79 Å². The van der Waals surface area contributed by atoms with Crippen LogP contribution in [0.15, 0.2) is 67.1 Å². The fourth-order valence-electron chi connectivity index (χ4n) is 2.70. The number of hydrogen-bond acceptors (Lipinski definition) is 5. The molecule has 0 fully saturated rings. The highest BCUT2D eigenvalue weighted by atomic mass is 35.5. The van der Waals surface area contributed by atoms with Crippen LogP contribution in [0.5, 0.6) is 0 Å². The van der Waals surface area contributed by atoms with Gasteiger partial charge in [0.15, 0.2) is 0 Å². The maximum atomic E-state index is 6.45. The fraction of sp³-hybridized carbons (Fsp3) is 0.0588. The topological polar surface area (TPSA) is 61.9 Å². The third-order valence-corrected chi connectivity index (χ3v) is 4.05. The zero-order valence-electron chi connectivity index (χ0n) is 12.1. The second-order valence-electron chi connectivity index (χ2n) is 5.24. The Morgan fingerprint density at radius 3 is 2.52 bits per heavy atom. The molecule has 0 aliphatic carbocycles. The molecule has 3 heterocycles. The highest BCUT2D eigenvalue weighted by Gasteiger charge is 2.40. The molecule has 1 aliphatic rings. The lowest BCUT2D eigenvalue weighted by Gasteiger charge is -2.33. The van der Waals surface area contributed by atoms with E-state index in [0.29, 0.717) is 5.02 Å². The van der Waals surface area contributed by atoms with Crippen molar-refractivity contribution < 1.29 is 0 Å². The van der Waals surface area contributed by atoms with Gasteiger partial charge in [0.1, 0.15) is 5.82 Å². The van der Waals surface area contributed by atoms with E-state index in [0.717, 1.165) is 22.8 Å². The Morgan fingerprint density at radius 1 is 0.913 bits per heavy atom. The molecule has 0 saturated carbocycles. The summed E-state index contributed by atoms with van der Waals surface area (Å²) in [6.45, 7) is 0. The number of halogens is 1. The van der Waals surface area contributed by atoms with Crippen LogP contribution < -0.4 is 16.0 Å². The van der Waals surface area contributed by atoms with Gasteiger partial charge in [0.2, 0.25) is 5.79 Å². The van der Waals surface area contributed by atoms with Crippen molar-refractivity contribution in [3.05, 3.63) is 77.7 Å². The molecule has 3 N–H and O–H groups in total. The number of nitrogens with one attached hydrogen (secondary N) is 3. The zero-order valence-corrected chi connectivity index (χ0v) is 12.9. The van der Waals surface area contributed by atoms with Crippen molar-refractivity contribution in [2.45, 2.75) is 5.79 Å². The van der Waals surface area contributed by atoms with E-state index in [-0.39, 0.29) is 0 Å². The van der Waals surface area contributed by atoms with Crippen LogP contribution in [0.25, 0.3) is 0 Å². The Balaban J connectivity index is 1.81. The molecular formula is C17H14ClN5. The average Bonchev–Trinajstić information content (AvgIpc) is 2.95. The van der Waals surface area contributed by atoms with Crippen LogP contribution in [0.4, 0.5) is 17.2 Å². The highest BCUT2D eigenvalue weighted by Crippen LogP contribution is 2.41. The van der Waals surface area contributed by atoms with Gasteiger partial charge in [0.25, 0.3) is 0 Å². The van der Waals surface area contributed by atoms with Gasteiger partial charge in [0.05, 0.1) is 22.6 Å². The van der Waals surface area contributed by atoms with Gasteiger partial charge >= 0.3 is 0 Å². The minimum atomic E-state index is -0.794. The summed E-state index contributed by atoms with van der Waals surface area (Å²) in [7, 11) is 0. The van der Waals surface area contributed by atoms with Gasteiger partial charge in [0, 0.05) is 18.0 Å². The number of nitrogens with zero attached hydrogens (tertiary/aromatic N) is 2. The predicted molar refractivity (Wildman–Crippen MR) is 92.5 cm³/mol. The average molecular weight is 324 g/mol. The minimum absolute atomic E-state index is 0.650. The first-order valence-electron chi connectivity index (χ1n) is 7.21. The van der Waals surface area contributed by atoms with E-state index in [1.54, 1.807) is 18.6 Å². The van der Waals surface area contributed by atoms with Crippen molar-refractivity contribution >= 4 is 28.8 Å². The Morgan fingerprint density at radius 2 is 1.74 bits per heavy atom. The SMILES string of the molecule is Clc1ccccc1C1(Nc2ccccn2)Nc2ccncc2N1. The first-order valence-corrected chi connectivity index (χ1v) is 7.59. The second kappa shape index (κ2) is 5.44.